The van der Waals surface area contributed by atoms with E-state index in [1.54, 1.807) is 31.3 Å². The molecule has 4 heteroatoms. The number of benzene rings is 1. The molecule has 1 aromatic rings. The minimum atomic E-state index is -0.0656. The van der Waals surface area contributed by atoms with Crippen LogP contribution in [0.25, 0.3) is 0 Å². The van der Waals surface area contributed by atoms with Crippen molar-refractivity contribution in [1.29, 1.82) is 5.26 Å². The lowest BCUT2D eigenvalue weighted by atomic mass is 10.2. The molecule has 0 fully saturated rings. The third-order valence-electron chi connectivity index (χ3n) is 2.29. The number of nitriles is 1. The van der Waals surface area contributed by atoms with Crippen LogP contribution in [-0.4, -0.2) is 24.7 Å². The molecule has 1 rings (SSSR count). The SMILES string of the molecule is CN(C(=O)CCCO)c1cccc(C#N)c1. The van der Waals surface area contributed by atoms with Crippen LogP contribution in [0.3, 0.4) is 0 Å². The van der Waals surface area contributed by atoms with E-state index in [4.69, 9.17) is 10.4 Å². The Morgan fingerprint density at radius 2 is 2.31 bits per heavy atom. The monoisotopic (exact) mass is 218 g/mol. The second-order valence-electron chi connectivity index (χ2n) is 3.44. The molecule has 0 aliphatic heterocycles. The number of nitrogens with zero attached hydrogens (tertiary/aromatic N) is 2. The first-order valence-electron chi connectivity index (χ1n) is 5.06. The van der Waals surface area contributed by atoms with E-state index in [9.17, 15) is 4.79 Å². The average molecular weight is 218 g/mol. The predicted molar refractivity (Wildman–Crippen MR) is 60.9 cm³/mol. The van der Waals surface area contributed by atoms with Crippen molar-refractivity contribution in [3.8, 4) is 6.07 Å². The number of hydrogen-bond donors (Lipinski definition) is 1. The molecule has 0 atom stereocenters. The van der Waals surface area contributed by atoms with Crippen LogP contribution in [0.4, 0.5) is 5.69 Å². The number of amides is 1. The van der Waals surface area contributed by atoms with E-state index in [-0.39, 0.29) is 12.5 Å². The molecule has 0 radical (unpaired) electrons. The summed E-state index contributed by atoms with van der Waals surface area (Å²) in [6.07, 6.45) is 0.769. The van der Waals surface area contributed by atoms with Gasteiger partial charge >= 0.3 is 0 Å². The van der Waals surface area contributed by atoms with Crippen LogP contribution in [0.1, 0.15) is 18.4 Å². The molecule has 1 amide bonds. The first kappa shape index (κ1) is 12.2. The van der Waals surface area contributed by atoms with E-state index < -0.39 is 0 Å². The molecule has 16 heavy (non-hydrogen) atoms. The van der Waals surface area contributed by atoms with Gasteiger partial charge in [-0.25, -0.2) is 0 Å². The lowest BCUT2D eigenvalue weighted by Crippen LogP contribution is -2.26. The molecule has 1 N–H and O–H groups in total. The van der Waals surface area contributed by atoms with Gasteiger partial charge in [-0.2, -0.15) is 5.26 Å². The maximum Gasteiger partial charge on any atom is 0.226 e. The summed E-state index contributed by atoms with van der Waals surface area (Å²) in [4.78, 5) is 13.1. The number of carbonyl (C=O) groups is 1. The highest BCUT2D eigenvalue weighted by molar-refractivity contribution is 5.92. The van der Waals surface area contributed by atoms with Crippen LogP contribution >= 0.6 is 0 Å². The van der Waals surface area contributed by atoms with Crippen LogP contribution in [0.15, 0.2) is 24.3 Å². The van der Waals surface area contributed by atoms with Gasteiger partial charge in [0.05, 0.1) is 11.6 Å². The molecule has 0 aliphatic rings. The van der Waals surface area contributed by atoms with Crippen molar-refractivity contribution < 1.29 is 9.90 Å². The van der Waals surface area contributed by atoms with Crippen molar-refractivity contribution in [1.82, 2.24) is 0 Å². The number of aliphatic hydroxyl groups is 1. The van der Waals surface area contributed by atoms with E-state index in [0.717, 1.165) is 0 Å². The second-order valence-corrected chi connectivity index (χ2v) is 3.44. The zero-order valence-corrected chi connectivity index (χ0v) is 9.18. The van der Waals surface area contributed by atoms with Crippen LogP contribution in [0.5, 0.6) is 0 Å². The van der Waals surface area contributed by atoms with Crippen molar-refractivity contribution in [2.45, 2.75) is 12.8 Å². The van der Waals surface area contributed by atoms with Crippen molar-refractivity contribution in [3.05, 3.63) is 29.8 Å². The van der Waals surface area contributed by atoms with Gasteiger partial charge in [-0.3, -0.25) is 4.79 Å². The van der Waals surface area contributed by atoms with E-state index in [2.05, 4.69) is 0 Å². The predicted octanol–water partition coefficient (Wildman–Crippen LogP) is 1.29. The molecular formula is C12H14N2O2. The highest BCUT2D eigenvalue weighted by atomic mass is 16.3. The van der Waals surface area contributed by atoms with Gasteiger partial charge in [-0.05, 0) is 24.6 Å². The summed E-state index contributed by atoms with van der Waals surface area (Å²) in [5, 5.41) is 17.4. The first-order chi connectivity index (χ1) is 7.69. The largest absolute Gasteiger partial charge is 0.396 e. The molecule has 0 aliphatic carbocycles. The summed E-state index contributed by atoms with van der Waals surface area (Å²) in [5.41, 5.74) is 1.22. The zero-order chi connectivity index (χ0) is 12.0. The molecule has 0 unspecified atom stereocenters. The lowest BCUT2D eigenvalue weighted by Gasteiger charge is -2.17. The van der Waals surface area contributed by atoms with Crippen molar-refractivity contribution in [2.75, 3.05) is 18.6 Å². The van der Waals surface area contributed by atoms with Gasteiger partial charge in [0, 0.05) is 25.8 Å². The molecule has 0 saturated carbocycles. The normalized spacial score (nSPS) is 9.56. The molecule has 0 aromatic heterocycles. The first-order valence-corrected chi connectivity index (χ1v) is 5.06. The Labute approximate surface area is 94.7 Å². The minimum absolute atomic E-state index is 0.0117. The maximum absolute atomic E-state index is 11.6. The van der Waals surface area contributed by atoms with Gasteiger partial charge in [-0.1, -0.05) is 6.07 Å². The number of rotatable bonds is 4. The third kappa shape index (κ3) is 3.07. The fourth-order valence-corrected chi connectivity index (χ4v) is 1.33. The second kappa shape index (κ2) is 5.89. The van der Waals surface area contributed by atoms with Gasteiger partial charge in [0.25, 0.3) is 0 Å². The van der Waals surface area contributed by atoms with Crippen LogP contribution < -0.4 is 4.90 Å². The summed E-state index contributed by atoms with van der Waals surface area (Å²) in [5.74, 6) is -0.0656. The summed E-state index contributed by atoms with van der Waals surface area (Å²) in [6.45, 7) is 0.0117. The zero-order valence-electron chi connectivity index (χ0n) is 9.18. The third-order valence-corrected chi connectivity index (χ3v) is 2.29. The lowest BCUT2D eigenvalue weighted by molar-refractivity contribution is -0.118. The summed E-state index contributed by atoms with van der Waals surface area (Å²) in [6, 6.07) is 8.90. The van der Waals surface area contributed by atoms with Gasteiger partial charge in [0.1, 0.15) is 0 Å². The minimum Gasteiger partial charge on any atom is -0.396 e. The van der Waals surface area contributed by atoms with Gasteiger partial charge in [-0.15, -0.1) is 0 Å². The molecule has 0 spiro atoms. The van der Waals surface area contributed by atoms with Crippen LogP contribution in [-0.2, 0) is 4.79 Å². The molecule has 0 saturated heterocycles. The highest BCUT2D eigenvalue weighted by Crippen LogP contribution is 2.15. The van der Waals surface area contributed by atoms with Gasteiger partial charge < -0.3 is 10.0 Å². The molecule has 0 bridgehead atoms. The highest BCUT2D eigenvalue weighted by Gasteiger charge is 2.10. The summed E-state index contributed by atoms with van der Waals surface area (Å²) < 4.78 is 0. The Balaban J connectivity index is 2.76. The van der Waals surface area contributed by atoms with Crippen molar-refractivity contribution in [3.63, 3.8) is 0 Å². The maximum atomic E-state index is 11.6. The Morgan fingerprint density at radius 3 is 2.94 bits per heavy atom. The smallest absolute Gasteiger partial charge is 0.226 e. The van der Waals surface area contributed by atoms with Crippen molar-refractivity contribution in [2.24, 2.45) is 0 Å². The molecule has 0 heterocycles. The Bertz CT molecular complexity index is 410. The Morgan fingerprint density at radius 1 is 1.56 bits per heavy atom. The number of anilines is 1. The summed E-state index contributed by atoms with van der Waals surface area (Å²) >= 11 is 0. The molecular weight excluding hydrogens is 204 g/mol. The Kier molecular flexibility index (Phi) is 4.49. The van der Waals surface area contributed by atoms with E-state index in [1.807, 2.05) is 6.07 Å². The molecule has 84 valence electrons. The van der Waals surface area contributed by atoms with E-state index >= 15 is 0 Å². The van der Waals surface area contributed by atoms with Gasteiger partial charge in [0.2, 0.25) is 5.91 Å². The van der Waals surface area contributed by atoms with Crippen LogP contribution in [0, 0.1) is 11.3 Å². The van der Waals surface area contributed by atoms with Crippen molar-refractivity contribution >= 4 is 11.6 Å². The number of hydrogen-bond acceptors (Lipinski definition) is 3. The van der Waals surface area contributed by atoms with E-state index in [0.29, 0.717) is 24.1 Å². The Hall–Kier alpha value is -1.86. The van der Waals surface area contributed by atoms with Gasteiger partial charge in [0.15, 0.2) is 0 Å². The standard InChI is InChI=1S/C12H14N2O2/c1-14(12(16)6-3-7-15)11-5-2-4-10(8-11)9-13/h2,4-5,8,15H,3,6-7H2,1H3. The van der Waals surface area contributed by atoms with Crippen LogP contribution in [0.2, 0.25) is 0 Å². The molecule has 1 aromatic carbocycles. The number of aliphatic hydroxyl groups excluding tert-OH is 1. The average Bonchev–Trinajstić information content (AvgIpc) is 2.35. The van der Waals surface area contributed by atoms with E-state index in [1.165, 1.54) is 4.90 Å². The fraction of sp³-hybridized carbons (Fsp3) is 0.333. The number of carbonyl (C=O) groups excluding carboxylic acids is 1. The summed E-state index contributed by atoms with van der Waals surface area (Å²) in [7, 11) is 1.66. The fourth-order valence-electron chi connectivity index (χ4n) is 1.33. The topological polar surface area (TPSA) is 64.3 Å². The molecule has 4 nitrogen and oxygen atoms in total. The quantitative estimate of drug-likeness (QED) is 0.828.